The van der Waals surface area contributed by atoms with Crippen LogP contribution in [0.3, 0.4) is 0 Å². The van der Waals surface area contributed by atoms with E-state index in [2.05, 4.69) is 5.32 Å². The van der Waals surface area contributed by atoms with Crippen LogP contribution >= 0.6 is 0 Å². The van der Waals surface area contributed by atoms with E-state index in [0.717, 1.165) is 11.6 Å². The fraction of sp³-hybridized carbons (Fsp3) is 0.0714. The van der Waals surface area contributed by atoms with Gasteiger partial charge in [-0.05, 0) is 36.8 Å². The summed E-state index contributed by atoms with van der Waals surface area (Å²) in [6, 6.07) is 8.41. The van der Waals surface area contributed by atoms with Crippen LogP contribution in [0.15, 0.2) is 36.4 Å². The number of carbonyl (C=O) groups excluding carboxylic acids is 1. The van der Waals surface area contributed by atoms with Gasteiger partial charge in [0.25, 0.3) is 5.91 Å². The zero-order chi connectivity index (χ0) is 14.0. The van der Waals surface area contributed by atoms with E-state index < -0.39 is 5.91 Å². The fourth-order valence-corrected chi connectivity index (χ4v) is 1.67. The van der Waals surface area contributed by atoms with E-state index in [0.29, 0.717) is 0 Å². The molecule has 0 atom stereocenters. The molecule has 0 aliphatic rings. The number of hydrogen-bond donors (Lipinski definition) is 4. The molecule has 0 aliphatic heterocycles. The molecule has 19 heavy (non-hydrogen) atoms. The highest BCUT2D eigenvalue weighted by molar-refractivity contribution is 6.05. The molecule has 0 aliphatic carbocycles. The first kappa shape index (κ1) is 12.8. The number of rotatable bonds is 2. The van der Waals surface area contributed by atoms with E-state index in [4.69, 9.17) is 0 Å². The van der Waals surface area contributed by atoms with Crippen molar-refractivity contribution in [3.63, 3.8) is 0 Å². The zero-order valence-electron chi connectivity index (χ0n) is 10.2. The minimum atomic E-state index is -0.537. The zero-order valence-corrected chi connectivity index (χ0v) is 10.2. The van der Waals surface area contributed by atoms with Crippen LogP contribution in [0.5, 0.6) is 17.2 Å². The fourth-order valence-electron chi connectivity index (χ4n) is 1.67. The van der Waals surface area contributed by atoms with Crippen molar-refractivity contribution in [1.82, 2.24) is 0 Å². The summed E-state index contributed by atoms with van der Waals surface area (Å²) in [5.74, 6) is -1.00. The monoisotopic (exact) mass is 259 g/mol. The van der Waals surface area contributed by atoms with Crippen molar-refractivity contribution in [3.05, 3.63) is 47.5 Å². The molecule has 0 heterocycles. The number of aromatic hydroxyl groups is 3. The van der Waals surface area contributed by atoms with Crippen molar-refractivity contribution in [3.8, 4) is 17.2 Å². The van der Waals surface area contributed by atoms with Gasteiger partial charge in [-0.15, -0.1) is 0 Å². The Morgan fingerprint density at radius 3 is 2.21 bits per heavy atom. The largest absolute Gasteiger partial charge is 0.508 e. The molecular weight excluding hydrogens is 246 g/mol. The average molecular weight is 259 g/mol. The third kappa shape index (κ3) is 2.95. The van der Waals surface area contributed by atoms with Crippen molar-refractivity contribution in [1.29, 1.82) is 0 Å². The van der Waals surface area contributed by atoms with Crippen LogP contribution in [0.25, 0.3) is 0 Å². The lowest BCUT2D eigenvalue weighted by Crippen LogP contribution is -2.11. The van der Waals surface area contributed by atoms with Crippen molar-refractivity contribution in [2.24, 2.45) is 0 Å². The summed E-state index contributed by atoms with van der Waals surface area (Å²) in [5, 5.41) is 30.8. The minimum absolute atomic E-state index is 0.0438. The van der Waals surface area contributed by atoms with Crippen molar-refractivity contribution >= 4 is 11.6 Å². The molecule has 0 saturated carbocycles. The van der Waals surface area contributed by atoms with Gasteiger partial charge < -0.3 is 20.6 Å². The lowest BCUT2D eigenvalue weighted by atomic mass is 10.1. The normalized spacial score (nSPS) is 10.2. The average Bonchev–Trinajstić information content (AvgIpc) is 2.31. The van der Waals surface area contributed by atoms with Crippen LogP contribution < -0.4 is 5.32 Å². The Balaban J connectivity index is 2.25. The van der Waals surface area contributed by atoms with Crippen LogP contribution in [0.1, 0.15) is 15.9 Å². The Bertz CT molecular complexity index is 617. The molecule has 0 radical (unpaired) electrons. The summed E-state index contributed by atoms with van der Waals surface area (Å²) in [5.41, 5.74) is 1.22. The molecule has 1 amide bonds. The molecule has 0 bridgehead atoms. The predicted octanol–water partition coefficient (Wildman–Crippen LogP) is 2.36. The third-order valence-corrected chi connectivity index (χ3v) is 2.57. The first-order chi connectivity index (χ1) is 8.95. The summed E-state index contributed by atoms with van der Waals surface area (Å²) >= 11 is 0. The highest BCUT2D eigenvalue weighted by Crippen LogP contribution is 2.26. The smallest absolute Gasteiger partial charge is 0.256 e. The van der Waals surface area contributed by atoms with E-state index in [-0.39, 0.29) is 28.5 Å². The summed E-state index contributed by atoms with van der Waals surface area (Å²) in [4.78, 5) is 11.9. The first-order valence-corrected chi connectivity index (χ1v) is 5.60. The van der Waals surface area contributed by atoms with Gasteiger partial charge in [0.1, 0.15) is 17.2 Å². The van der Waals surface area contributed by atoms with Gasteiger partial charge in [-0.2, -0.15) is 0 Å². The van der Waals surface area contributed by atoms with E-state index in [1.807, 2.05) is 6.92 Å². The molecular formula is C14H13NO4. The van der Waals surface area contributed by atoms with Crippen LogP contribution in [-0.4, -0.2) is 21.2 Å². The number of hydrogen-bond acceptors (Lipinski definition) is 4. The highest BCUT2D eigenvalue weighted by atomic mass is 16.3. The van der Waals surface area contributed by atoms with E-state index in [9.17, 15) is 20.1 Å². The number of amides is 1. The van der Waals surface area contributed by atoms with E-state index in [1.54, 1.807) is 12.1 Å². The second kappa shape index (κ2) is 4.89. The number of phenolic OH excluding ortho intramolecular Hbond substituents is 3. The second-order valence-electron chi connectivity index (χ2n) is 4.21. The summed E-state index contributed by atoms with van der Waals surface area (Å²) < 4.78 is 0. The summed E-state index contributed by atoms with van der Waals surface area (Å²) in [6.07, 6.45) is 0. The number of aryl methyl sites for hydroxylation is 1. The van der Waals surface area contributed by atoms with E-state index >= 15 is 0 Å². The maximum atomic E-state index is 11.9. The van der Waals surface area contributed by atoms with Gasteiger partial charge in [-0.25, -0.2) is 0 Å². The molecule has 4 N–H and O–H groups in total. The molecule has 0 saturated heterocycles. The van der Waals surface area contributed by atoms with Gasteiger partial charge in [0.15, 0.2) is 0 Å². The Labute approximate surface area is 109 Å². The van der Waals surface area contributed by atoms with Crippen molar-refractivity contribution in [2.75, 3.05) is 5.32 Å². The molecule has 2 aromatic carbocycles. The minimum Gasteiger partial charge on any atom is -0.508 e. The lowest BCUT2D eigenvalue weighted by Gasteiger charge is -2.08. The third-order valence-electron chi connectivity index (χ3n) is 2.57. The molecule has 2 aromatic rings. The molecule has 2 rings (SSSR count). The topological polar surface area (TPSA) is 89.8 Å². The molecule has 0 fully saturated rings. The summed E-state index contributed by atoms with van der Waals surface area (Å²) in [6.45, 7) is 1.82. The van der Waals surface area contributed by atoms with Crippen LogP contribution in [0.2, 0.25) is 0 Å². The summed E-state index contributed by atoms with van der Waals surface area (Å²) in [7, 11) is 0. The van der Waals surface area contributed by atoms with Gasteiger partial charge in [0.05, 0.1) is 5.69 Å². The van der Waals surface area contributed by atoms with Crippen molar-refractivity contribution in [2.45, 2.75) is 6.92 Å². The van der Waals surface area contributed by atoms with Crippen molar-refractivity contribution < 1.29 is 20.1 Å². The number of nitrogens with one attached hydrogen (secondary N) is 1. The van der Waals surface area contributed by atoms with Gasteiger partial charge in [-0.3, -0.25) is 4.79 Å². The molecule has 0 unspecified atom stereocenters. The molecule has 0 spiro atoms. The molecule has 5 nitrogen and oxygen atoms in total. The van der Waals surface area contributed by atoms with Gasteiger partial charge in [0, 0.05) is 11.6 Å². The van der Waals surface area contributed by atoms with Gasteiger partial charge in [0.2, 0.25) is 0 Å². The van der Waals surface area contributed by atoms with Crippen LogP contribution in [-0.2, 0) is 0 Å². The quantitative estimate of drug-likeness (QED) is 0.623. The van der Waals surface area contributed by atoms with Gasteiger partial charge >= 0.3 is 0 Å². The van der Waals surface area contributed by atoms with Gasteiger partial charge in [-0.1, -0.05) is 6.07 Å². The Morgan fingerprint density at radius 2 is 1.63 bits per heavy atom. The Morgan fingerprint density at radius 1 is 1.00 bits per heavy atom. The van der Waals surface area contributed by atoms with Crippen LogP contribution in [0, 0.1) is 6.92 Å². The SMILES string of the molecule is Cc1ccc(NC(=O)c2cc(O)cc(O)c2)c(O)c1. The molecule has 98 valence electrons. The molecule has 0 aromatic heterocycles. The lowest BCUT2D eigenvalue weighted by molar-refractivity contribution is 0.102. The first-order valence-electron chi connectivity index (χ1n) is 5.60. The Hall–Kier alpha value is -2.69. The number of anilines is 1. The highest BCUT2D eigenvalue weighted by Gasteiger charge is 2.11. The van der Waals surface area contributed by atoms with E-state index in [1.165, 1.54) is 18.2 Å². The maximum absolute atomic E-state index is 11.9. The number of phenols is 3. The van der Waals surface area contributed by atoms with Crippen LogP contribution in [0.4, 0.5) is 5.69 Å². The standard InChI is InChI=1S/C14H13NO4/c1-8-2-3-12(13(18)4-8)15-14(19)9-5-10(16)7-11(17)6-9/h2-7,16-18H,1H3,(H,15,19). The number of benzene rings is 2. The number of carbonyl (C=O) groups is 1. The molecule has 5 heteroatoms. The Kier molecular flexibility index (Phi) is 3.29. The maximum Gasteiger partial charge on any atom is 0.256 e. The predicted molar refractivity (Wildman–Crippen MR) is 70.6 cm³/mol. The second-order valence-corrected chi connectivity index (χ2v) is 4.21.